The van der Waals surface area contributed by atoms with E-state index in [0.717, 1.165) is 31.7 Å². The van der Waals surface area contributed by atoms with Gasteiger partial charge in [0.1, 0.15) is 10.8 Å². The fourth-order valence-corrected chi connectivity index (χ4v) is 4.12. The first kappa shape index (κ1) is 20.9. The van der Waals surface area contributed by atoms with E-state index in [9.17, 15) is 14.9 Å². The number of nitrogens with zero attached hydrogens (tertiary/aromatic N) is 4. The number of hydrogen-bond donors (Lipinski definition) is 0. The van der Waals surface area contributed by atoms with E-state index in [2.05, 4.69) is 9.88 Å². The molecule has 1 aliphatic heterocycles. The topological polar surface area (TPSA) is 79.6 Å². The standard InChI is InChI=1S/C21H22Cl2N4O3/c22-16-3-6-20(24-12-16)25-9-7-15(8-10-25)21(28)26(13-14-1-2-14)17-4-5-18(23)19(11-17)27(29)30/h3-6,11-12,14-15H,1-2,7-10,13H2. The summed E-state index contributed by atoms with van der Waals surface area (Å²) in [5, 5.41) is 12.0. The summed E-state index contributed by atoms with van der Waals surface area (Å²) in [6.45, 7) is 2.04. The van der Waals surface area contributed by atoms with Gasteiger partial charge in [-0.05, 0) is 55.9 Å². The third-order valence-electron chi connectivity index (χ3n) is 5.72. The summed E-state index contributed by atoms with van der Waals surface area (Å²) in [5.41, 5.74) is 0.371. The van der Waals surface area contributed by atoms with Crippen molar-refractivity contribution in [3.63, 3.8) is 0 Å². The molecule has 0 spiro atoms. The van der Waals surface area contributed by atoms with Crippen LogP contribution in [-0.2, 0) is 4.79 Å². The van der Waals surface area contributed by atoms with Crippen LogP contribution in [-0.4, -0.2) is 35.4 Å². The van der Waals surface area contributed by atoms with Crippen molar-refractivity contribution in [2.75, 3.05) is 29.4 Å². The summed E-state index contributed by atoms with van der Waals surface area (Å²) >= 11 is 11.9. The Morgan fingerprint density at radius 1 is 1.17 bits per heavy atom. The molecule has 1 amide bonds. The Hall–Kier alpha value is -2.38. The smallest absolute Gasteiger partial charge is 0.289 e. The lowest BCUT2D eigenvalue weighted by atomic mass is 9.94. The summed E-state index contributed by atoms with van der Waals surface area (Å²) in [6, 6.07) is 8.30. The lowest BCUT2D eigenvalue weighted by Crippen LogP contribution is -2.43. The van der Waals surface area contributed by atoms with Crippen LogP contribution >= 0.6 is 23.2 Å². The van der Waals surface area contributed by atoms with Crippen molar-refractivity contribution in [2.24, 2.45) is 11.8 Å². The molecular formula is C21H22Cl2N4O3. The molecule has 1 aromatic carbocycles. The van der Waals surface area contributed by atoms with Crippen molar-refractivity contribution in [2.45, 2.75) is 25.7 Å². The van der Waals surface area contributed by atoms with Gasteiger partial charge < -0.3 is 9.80 Å². The Kier molecular flexibility index (Phi) is 6.11. The fraction of sp³-hybridized carbons (Fsp3) is 0.429. The number of carbonyl (C=O) groups is 1. The zero-order chi connectivity index (χ0) is 21.3. The number of rotatable bonds is 6. The van der Waals surface area contributed by atoms with Gasteiger partial charge in [0, 0.05) is 37.8 Å². The van der Waals surface area contributed by atoms with Crippen molar-refractivity contribution >= 4 is 46.3 Å². The third-order valence-corrected chi connectivity index (χ3v) is 6.26. The number of nitro benzene ring substituents is 1. The number of anilines is 2. The number of nitro groups is 1. The monoisotopic (exact) mass is 448 g/mol. The van der Waals surface area contributed by atoms with E-state index in [1.807, 2.05) is 12.1 Å². The van der Waals surface area contributed by atoms with E-state index in [4.69, 9.17) is 23.2 Å². The predicted molar refractivity (Wildman–Crippen MR) is 117 cm³/mol. The second-order valence-electron chi connectivity index (χ2n) is 7.88. The number of halogens is 2. The molecule has 1 aliphatic carbocycles. The highest BCUT2D eigenvalue weighted by Gasteiger charge is 2.34. The van der Waals surface area contributed by atoms with Gasteiger partial charge in [0.15, 0.2) is 0 Å². The van der Waals surface area contributed by atoms with E-state index < -0.39 is 4.92 Å². The molecule has 30 heavy (non-hydrogen) atoms. The molecule has 0 bridgehead atoms. The highest BCUT2D eigenvalue weighted by atomic mass is 35.5. The number of pyridine rings is 1. The molecule has 0 radical (unpaired) electrons. The van der Waals surface area contributed by atoms with Crippen molar-refractivity contribution in [3.05, 3.63) is 56.7 Å². The lowest BCUT2D eigenvalue weighted by molar-refractivity contribution is -0.384. The van der Waals surface area contributed by atoms with Crippen molar-refractivity contribution in [1.29, 1.82) is 0 Å². The number of aromatic nitrogens is 1. The van der Waals surface area contributed by atoms with Crippen molar-refractivity contribution in [3.8, 4) is 0 Å². The average Bonchev–Trinajstić information content (AvgIpc) is 3.57. The maximum atomic E-state index is 13.4. The number of benzene rings is 1. The highest BCUT2D eigenvalue weighted by molar-refractivity contribution is 6.32. The minimum Gasteiger partial charge on any atom is -0.357 e. The first-order chi connectivity index (χ1) is 14.4. The minimum absolute atomic E-state index is 0.0298. The average molecular weight is 449 g/mol. The quantitative estimate of drug-likeness (QED) is 0.460. The van der Waals surface area contributed by atoms with Gasteiger partial charge in [-0.3, -0.25) is 14.9 Å². The van der Waals surface area contributed by atoms with E-state index in [0.29, 0.717) is 36.0 Å². The van der Waals surface area contributed by atoms with Crippen LogP contribution in [0.2, 0.25) is 10.0 Å². The van der Waals surface area contributed by atoms with Gasteiger partial charge in [0.2, 0.25) is 5.91 Å². The molecule has 158 valence electrons. The summed E-state index contributed by atoms with van der Waals surface area (Å²) in [4.78, 5) is 32.4. The molecule has 2 aromatic rings. The van der Waals surface area contributed by atoms with E-state index >= 15 is 0 Å². The third kappa shape index (κ3) is 4.68. The van der Waals surface area contributed by atoms with E-state index in [1.54, 1.807) is 17.2 Å². The van der Waals surface area contributed by atoms with Crippen LogP contribution in [0.15, 0.2) is 36.5 Å². The Morgan fingerprint density at radius 2 is 1.90 bits per heavy atom. The molecule has 4 rings (SSSR count). The summed E-state index contributed by atoms with van der Waals surface area (Å²) in [5.74, 6) is 1.22. The molecular weight excluding hydrogens is 427 g/mol. The highest BCUT2D eigenvalue weighted by Crippen LogP contribution is 2.36. The molecule has 1 aromatic heterocycles. The molecule has 0 atom stereocenters. The molecule has 0 unspecified atom stereocenters. The van der Waals surface area contributed by atoms with Crippen LogP contribution in [0.25, 0.3) is 0 Å². The molecule has 0 N–H and O–H groups in total. The normalized spacial score (nSPS) is 17.1. The fourth-order valence-electron chi connectivity index (χ4n) is 3.82. The Bertz CT molecular complexity index is 942. The van der Waals surface area contributed by atoms with Gasteiger partial charge >= 0.3 is 0 Å². The van der Waals surface area contributed by atoms with Gasteiger partial charge in [0.25, 0.3) is 5.69 Å². The molecule has 1 saturated carbocycles. The Balaban J connectivity index is 1.48. The van der Waals surface area contributed by atoms with Crippen LogP contribution in [0.3, 0.4) is 0 Å². The van der Waals surface area contributed by atoms with Crippen LogP contribution < -0.4 is 9.80 Å². The second kappa shape index (κ2) is 8.78. The summed E-state index contributed by atoms with van der Waals surface area (Å²) in [6.07, 6.45) is 5.21. The SMILES string of the molecule is O=C(C1CCN(c2ccc(Cl)cn2)CC1)N(CC1CC1)c1ccc(Cl)c([N+](=O)[O-])c1. The molecule has 9 heteroatoms. The number of amides is 1. The van der Waals surface area contributed by atoms with Gasteiger partial charge in [-0.15, -0.1) is 0 Å². The maximum Gasteiger partial charge on any atom is 0.289 e. The molecule has 2 fully saturated rings. The van der Waals surface area contributed by atoms with Crippen LogP contribution in [0, 0.1) is 22.0 Å². The Labute approximate surface area is 184 Å². The zero-order valence-electron chi connectivity index (χ0n) is 16.3. The number of piperidine rings is 1. The van der Waals surface area contributed by atoms with Crippen molar-refractivity contribution in [1.82, 2.24) is 4.98 Å². The largest absolute Gasteiger partial charge is 0.357 e. The van der Waals surface area contributed by atoms with Gasteiger partial charge in [-0.1, -0.05) is 23.2 Å². The Morgan fingerprint density at radius 3 is 2.50 bits per heavy atom. The van der Waals surface area contributed by atoms with Gasteiger partial charge in [-0.2, -0.15) is 0 Å². The van der Waals surface area contributed by atoms with Crippen LogP contribution in [0.5, 0.6) is 0 Å². The van der Waals surface area contributed by atoms with Gasteiger partial charge in [-0.25, -0.2) is 4.98 Å². The number of hydrogen-bond acceptors (Lipinski definition) is 5. The molecule has 2 aliphatic rings. The molecule has 2 heterocycles. The van der Waals surface area contributed by atoms with E-state index in [-0.39, 0.29) is 22.5 Å². The van der Waals surface area contributed by atoms with Crippen LogP contribution in [0.4, 0.5) is 17.2 Å². The lowest BCUT2D eigenvalue weighted by Gasteiger charge is -2.35. The second-order valence-corrected chi connectivity index (χ2v) is 8.72. The molecule has 1 saturated heterocycles. The van der Waals surface area contributed by atoms with Crippen molar-refractivity contribution < 1.29 is 9.72 Å². The summed E-state index contributed by atoms with van der Waals surface area (Å²) in [7, 11) is 0. The van der Waals surface area contributed by atoms with Crippen LogP contribution in [0.1, 0.15) is 25.7 Å². The predicted octanol–water partition coefficient (Wildman–Crippen LogP) is 4.96. The summed E-state index contributed by atoms with van der Waals surface area (Å²) < 4.78 is 0. The first-order valence-corrected chi connectivity index (χ1v) is 10.8. The maximum absolute atomic E-state index is 13.4. The van der Waals surface area contributed by atoms with E-state index in [1.165, 1.54) is 12.1 Å². The number of carbonyl (C=O) groups excluding carboxylic acids is 1. The first-order valence-electron chi connectivity index (χ1n) is 10.0. The zero-order valence-corrected chi connectivity index (χ0v) is 17.8. The minimum atomic E-state index is -0.511. The molecule has 7 nitrogen and oxygen atoms in total. The van der Waals surface area contributed by atoms with Gasteiger partial charge in [0.05, 0.1) is 15.6 Å².